The molecule has 20 heavy (non-hydrogen) atoms. The molecule has 0 radical (unpaired) electrons. The molecule has 108 valence electrons. The Kier molecular flexibility index (Phi) is 5.49. The van der Waals surface area contributed by atoms with Crippen molar-refractivity contribution in [2.24, 2.45) is 0 Å². The summed E-state index contributed by atoms with van der Waals surface area (Å²) < 4.78 is 0. The van der Waals surface area contributed by atoms with Gasteiger partial charge in [-0.3, -0.25) is 4.98 Å². The summed E-state index contributed by atoms with van der Waals surface area (Å²) >= 11 is 1.78. The Hall–Kier alpha value is -1.46. The van der Waals surface area contributed by atoms with E-state index in [4.69, 9.17) is 4.98 Å². The molecule has 0 aliphatic heterocycles. The lowest BCUT2D eigenvalue weighted by Gasteiger charge is -2.15. The molecule has 0 amide bonds. The van der Waals surface area contributed by atoms with Crippen molar-refractivity contribution >= 4 is 16.5 Å². The van der Waals surface area contributed by atoms with Crippen LogP contribution in [0.1, 0.15) is 29.5 Å². The van der Waals surface area contributed by atoms with Crippen molar-refractivity contribution in [2.45, 2.75) is 32.9 Å². The molecule has 1 N–H and O–H groups in total. The summed E-state index contributed by atoms with van der Waals surface area (Å²) in [5.74, 6) is 0. The van der Waals surface area contributed by atoms with Gasteiger partial charge in [0.25, 0.3) is 0 Å². The van der Waals surface area contributed by atoms with Crippen molar-refractivity contribution in [1.29, 1.82) is 0 Å². The van der Waals surface area contributed by atoms with Crippen molar-refractivity contribution in [3.05, 3.63) is 40.7 Å². The van der Waals surface area contributed by atoms with E-state index in [-0.39, 0.29) is 0 Å². The fourth-order valence-electron chi connectivity index (χ4n) is 2.10. The molecule has 0 saturated heterocycles. The summed E-state index contributed by atoms with van der Waals surface area (Å²) in [7, 11) is 4.07. The zero-order valence-corrected chi connectivity index (χ0v) is 13.2. The summed E-state index contributed by atoms with van der Waals surface area (Å²) in [5.41, 5.74) is 2.44. The van der Waals surface area contributed by atoms with E-state index in [0.29, 0.717) is 0 Å². The molecule has 0 atom stereocenters. The minimum absolute atomic E-state index is 0.839. The first-order valence-corrected chi connectivity index (χ1v) is 7.79. The number of aryl methyl sites for hydroxylation is 1. The lowest BCUT2D eigenvalue weighted by molar-refractivity contribution is 0.796. The van der Waals surface area contributed by atoms with Gasteiger partial charge in [-0.05, 0) is 25.1 Å². The number of pyridine rings is 1. The largest absolute Gasteiger partial charge is 0.347 e. The molecule has 0 bridgehead atoms. The Labute approximate surface area is 124 Å². The third kappa shape index (κ3) is 3.77. The van der Waals surface area contributed by atoms with E-state index in [1.165, 1.54) is 16.1 Å². The van der Waals surface area contributed by atoms with E-state index in [1.54, 1.807) is 17.5 Å². The number of anilines is 1. The van der Waals surface area contributed by atoms with Gasteiger partial charge >= 0.3 is 0 Å². The third-order valence-corrected chi connectivity index (χ3v) is 4.27. The van der Waals surface area contributed by atoms with E-state index in [1.807, 2.05) is 19.3 Å². The molecule has 2 aromatic rings. The lowest BCUT2D eigenvalue weighted by Crippen LogP contribution is -2.16. The quantitative estimate of drug-likeness (QED) is 0.851. The van der Waals surface area contributed by atoms with Gasteiger partial charge in [0.05, 0.1) is 5.69 Å². The molecule has 2 rings (SSSR count). The van der Waals surface area contributed by atoms with Crippen LogP contribution in [0, 0.1) is 0 Å². The molecule has 0 spiro atoms. The topological polar surface area (TPSA) is 41.1 Å². The number of thiazole rings is 1. The fraction of sp³-hybridized carbons (Fsp3) is 0.467. The summed E-state index contributed by atoms with van der Waals surface area (Å²) in [5, 5.41) is 4.31. The smallest absolute Gasteiger partial charge is 0.185 e. The van der Waals surface area contributed by atoms with Crippen molar-refractivity contribution in [1.82, 2.24) is 15.3 Å². The third-order valence-electron chi connectivity index (χ3n) is 3.06. The van der Waals surface area contributed by atoms with Crippen molar-refractivity contribution in [2.75, 3.05) is 19.0 Å². The minimum Gasteiger partial charge on any atom is -0.347 e. The standard InChI is InChI=1S/C15H22N4S/c1-4-6-13-14(10-16-2)20-15(18-13)19(3)11-12-7-5-8-17-9-12/h5,7-9,16H,4,6,10-11H2,1-3H3. The van der Waals surface area contributed by atoms with Crippen LogP contribution in [0.5, 0.6) is 0 Å². The molecular formula is C15H22N4S. The van der Waals surface area contributed by atoms with Gasteiger partial charge in [0.1, 0.15) is 0 Å². The highest BCUT2D eigenvalue weighted by Gasteiger charge is 2.13. The highest BCUT2D eigenvalue weighted by molar-refractivity contribution is 7.15. The second-order valence-corrected chi connectivity index (χ2v) is 5.93. The number of hydrogen-bond donors (Lipinski definition) is 1. The molecule has 2 heterocycles. The van der Waals surface area contributed by atoms with Crippen LogP contribution in [0.25, 0.3) is 0 Å². The van der Waals surface area contributed by atoms with E-state index in [2.05, 4.69) is 35.2 Å². The van der Waals surface area contributed by atoms with Crippen LogP contribution in [0.2, 0.25) is 0 Å². The number of nitrogens with one attached hydrogen (secondary N) is 1. The number of nitrogens with zero attached hydrogens (tertiary/aromatic N) is 3. The van der Waals surface area contributed by atoms with Gasteiger partial charge in [0.2, 0.25) is 0 Å². The Balaban J connectivity index is 2.13. The Morgan fingerprint density at radius 1 is 1.40 bits per heavy atom. The van der Waals surface area contributed by atoms with Crippen LogP contribution in [0.15, 0.2) is 24.5 Å². The van der Waals surface area contributed by atoms with Crippen molar-refractivity contribution in [3.63, 3.8) is 0 Å². The molecule has 0 unspecified atom stereocenters. The van der Waals surface area contributed by atoms with Crippen molar-refractivity contribution in [3.8, 4) is 0 Å². The minimum atomic E-state index is 0.839. The molecule has 4 nitrogen and oxygen atoms in total. The average Bonchev–Trinajstić information content (AvgIpc) is 2.84. The Morgan fingerprint density at radius 2 is 2.25 bits per heavy atom. The average molecular weight is 290 g/mol. The van der Waals surface area contributed by atoms with Gasteiger partial charge in [0.15, 0.2) is 5.13 Å². The van der Waals surface area contributed by atoms with Gasteiger partial charge in [-0.1, -0.05) is 19.4 Å². The summed E-state index contributed by atoms with van der Waals surface area (Å²) in [6.07, 6.45) is 5.89. The van der Waals surface area contributed by atoms with Gasteiger partial charge in [-0.15, -0.1) is 11.3 Å². The Morgan fingerprint density at radius 3 is 2.90 bits per heavy atom. The normalized spacial score (nSPS) is 10.8. The first-order valence-electron chi connectivity index (χ1n) is 6.97. The maximum absolute atomic E-state index is 4.80. The zero-order chi connectivity index (χ0) is 14.4. The van der Waals surface area contributed by atoms with E-state index >= 15 is 0 Å². The predicted molar refractivity (Wildman–Crippen MR) is 85.2 cm³/mol. The number of aromatic nitrogens is 2. The van der Waals surface area contributed by atoms with Crippen molar-refractivity contribution < 1.29 is 0 Å². The zero-order valence-electron chi connectivity index (χ0n) is 12.4. The second-order valence-electron chi connectivity index (χ2n) is 4.86. The first-order chi connectivity index (χ1) is 9.74. The molecular weight excluding hydrogens is 268 g/mol. The molecule has 0 fully saturated rings. The highest BCUT2D eigenvalue weighted by Crippen LogP contribution is 2.27. The SMILES string of the molecule is CCCc1nc(N(C)Cc2cccnc2)sc1CNC. The van der Waals surface area contributed by atoms with Crippen LogP contribution in [-0.2, 0) is 19.5 Å². The maximum Gasteiger partial charge on any atom is 0.185 e. The molecule has 0 aliphatic rings. The van der Waals surface area contributed by atoms with E-state index in [9.17, 15) is 0 Å². The van der Waals surface area contributed by atoms with Crippen LogP contribution >= 0.6 is 11.3 Å². The van der Waals surface area contributed by atoms with E-state index in [0.717, 1.165) is 31.1 Å². The van der Waals surface area contributed by atoms with Gasteiger partial charge < -0.3 is 10.2 Å². The molecule has 0 saturated carbocycles. The molecule has 0 aliphatic carbocycles. The van der Waals surface area contributed by atoms with Crippen LogP contribution < -0.4 is 10.2 Å². The van der Waals surface area contributed by atoms with Crippen LogP contribution in [0.4, 0.5) is 5.13 Å². The van der Waals surface area contributed by atoms with Gasteiger partial charge in [0, 0.05) is 37.4 Å². The molecule has 0 aromatic carbocycles. The molecule has 5 heteroatoms. The van der Waals surface area contributed by atoms with Gasteiger partial charge in [-0.2, -0.15) is 0 Å². The monoisotopic (exact) mass is 290 g/mol. The first kappa shape index (κ1) is 14.9. The molecule has 2 aromatic heterocycles. The predicted octanol–water partition coefficient (Wildman–Crippen LogP) is 2.85. The summed E-state index contributed by atoms with van der Waals surface area (Å²) in [6, 6.07) is 4.07. The van der Waals surface area contributed by atoms with Crippen LogP contribution in [-0.4, -0.2) is 24.1 Å². The summed E-state index contributed by atoms with van der Waals surface area (Å²) in [6.45, 7) is 3.93. The number of hydrogen-bond acceptors (Lipinski definition) is 5. The second kappa shape index (κ2) is 7.36. The Bertz CT molecular complexity index is 500. The lowest BCUT2D eigenvalue weighted by atomic mass is 10.2. The van der Waals surface area contributed by atoms with Crippen LogP contribution in [0.3, 0.4) is 0 Å². The van der Waals surface area contributed by atoms with E-state index < -0.39 is 0 Å². The highest BCUT2D eigenvalue weighted by atomic mass is 32.1. The fourth-order valence-corrected chi connectivity index (χ4v) is 3.18. The number of rotatable bonds is 7. The van der Waals surface area contributed by atoms with Gasteiger partial charge in [-0.25, -0.2) is 4.98 Å². The maximum atomic E-state index is 4.80. The summed E-state index contributed by atoms with van der Waals surface area (Å²) in [4.78, 5) is 12.5.